The monoisotopic (exact) mass is 348 g/mol. The molecule has 0 aliphatic carbocycles. The number of benzene rings is 1. The van der Waals surface area contributed by atoms with Crippen molar-refractivity contribution in [3.05, 3.63) is 35.6 Å². The molecule has 1 aromatic carbocycles. The van der Waals surface area contributed by atoms with Crippen LogP contribution < -0.4 is 10.6 Å². The van der Waals surface area contributed by atoms with Gasteiger partial charge in [-0.25, -0.2) is 4.39 Å². The van der Waals surface area contributed by atoms with Gasteiger partial charge in [0.2, 0.25) is 0 Å². The predicted molar refractivity (Wildman–Crippen MR) is 104 cm³/mol. The molecule has 0 unspecified atom stereocenters. The fourth-order valence-electron chi connectivity index (χ4n) is 3.21. The molecule has 0 spiro atoms. The van der Waals surface area contributed by atoms with E-state index in [0.29, 0.717) is 6.54 Å². The Kier molecular flexibility index (Phi) is 7.69. The fraction of sp³-hybridized carbons (Fsp3) is 0.650. The molecule has 4 nitrogen and oxygen atoms in total. The molecule has 1 aromatic rings. The van der Waals surface area contributed by atoms with Gasteiger partial charge in [-0.2, -0.15) is 0 Å². The van der Waals surface area contributed by atoms with E-state index < -0.39 is 0 Å². The summed E-state index contributed by atoms with van der Waals surface area (Å²) in [7, 11) is 1.79. The molecule has 0 amide bonds. The molecule has 1 aliphatic heterocycles. The molecule has 0 radical (unpaired) electrons. The van der Waals surface area contributed by atoms with Gasteiger partial charge in [-0.15, -0.1) is 0 Å². The Morgan fingerprint density at radius 3 is 2.64 bits per heavy atom. The second-order valence-electron chi connectivity index (χ2n) is 7.50. The lowest BCUT2D eigenvalue weighted by molar-refractivity contribution is 0.330. The molecule has 5 heteroatoms. The number of rotatable bonds is 8. The Balaban J connectivity index is 1.68. The van der Waals surface area contributed by atoms with Gasteiger partial charge in [-0.05, 0) is 63.0 Å². The quantitative estimate of drug-likeness (QED) is 0.431. The Bertz CT molecular complexity index is 550. The largest absolute Gasteiger partial charge is 0.356 e. The van der Waals surface area contributed by atoms with Crippen LogP contribution in [0.5, 0.6) is 0 Å². The molecule has 0 bridgehead atoms. The summed E-state index contributed by atoms with van der Waals surface area (Å²) < 4.78 is 13.5. The SMILES string of the molecule is CN=C(NCCCCN1CCCC1)NCC(C)(C)c1cccc(F)c1. The lowest BCUT2D eigenvalue weighted by Crippen LogP contribution is -2.43. The zero-order valence-electron chi connectivity index (χ0n) is 15.9. The minimum atomic E-state index is -0.189. The molecular weight excluding hydrogens is 315 g/mol. The van der Waals surface area contributed by atoms with Crippen LogP contribution in [0.4, 0.5) is 4.39 Å². The summed E-state index contributed by atoms with van der Waals surface area (Å²) in [5.41, 5.74) is 0.816. The maximum absolute atomic E-state index is 13.5. The summed E-state index contributed by atoms with van der Waals surface area (Å²) in [6.07, 6.45) is 5.08. The highest BCUT2D eigenvalue weighted by Crippen LogP contribution is 2.22. The van der Waals surface area contributed by atoms with Crippen LogP contribution in [-0.4, -0.2) is 50.6 Å². The number of hydrogen-bond acceptors (Lipinski definition) is 2. The molecule has 1 aliphatic rings. The minimum absolute atomic E-state index is 0.171. The first-order chi connectivity index (χ1) is 12.0. The van der Waals surface area contributed by atoms with E-state index in [4.69, 9.17) is 0 Å². The molecule has 0 atom stereocenters. The van der Waals surface area contributed by atoms with Crippen molar-refractivity contribution < 1.29 is 4.39 Å². The van der Waals surface area contributed by atoms with Crippen LogP contribution >= 0.6 is 0 Å². The van der Waals surface area contributed by atoms with Crippen molar-refractivity contribution in [1.82, 2.24) is 15.5 Å². The first-order valence-corrected chi connectivity index (χ1v) is 9.44. The summed E-state index contributed by atoms with van der Waals surface area (Å²) in [6.45, 7) is 9.59. The molecule has 25 heavy (non-hydrogen) atoms. The number of guanidine groups is 1. The molecule has 1 heterocycles. The van der Waals surface area contributed by atoms with Crippen LogP contribution in [0.3, 0.4) is 0 Å². The zero-order chi connectivity index (χ0) is 18.1. The van der Waals surface area contributed by atoms with E-state index in [1.807, 2.05) is 6.07 Å². The summed E-state index contributed by atoms with van der Waals surface area (Å²) in [4.78, 5) is 6.84. The number of aliphatic imine (C=N–C) groups is 1. The third-order valence-electron chi connectivity index (χ3n) is 4.92. The van der Waals surface area contributed by atoms with Gasteiger partial charge in [0.05, 0.1) is 0 Å². The molecule has 2 rings (SSSR count). The topological polar surface area (TPSA) is 39.7 Å². The number of halogens is 1. The van der Waals surface area contributed by atoms with Gasteiger partial charge in [0.25, 0.3) is 0 Å². The van der Waals surface area contributed by atoms with Gasteiger partial charge < -0.3 is 15.5 Å². The lowest BCUT2D eigenvalue weighted by atomic mass is 9.84. The second kappa shape index (κ2) is 9.76. The fourth-order valence-corrected chi connectivity index (χ4v) is 3.21. The third kappa shape index (κ3) is 6.65. The highest BCUT2D eigenvalue weighted by Gasteiger charge is 2.21. The highest BCUT2D eigenvalue weighted by atomic mass is 19.1. The Morgan fingerprint density at radius 2 is 1.96 bits per heavy atom. The van der Waals surface area contributed by atoms with Crippen LogP contribution in [0.2, 0.25) is 0 Å². The summed E-state index contributed by atoms with van der Waals surface area (Å²) in [5.74, 6) is 0.622. The number of nitrogens with zero attached hydrogens (tertiary/aromatic N) is 2. The maximum Gasteiger partial charge on any atom is 0.191 e. The first kappa shape index (κ1) is 19.7. The Morgan fingerprint density at radius 1 is 1.20 bits per heavy atom. The number of unbranched alkanes of at least 4 members (excludes halogenated alkanes) is 1. The van der Waals surface area contributed by atoms with Crippen molar-refractivity contribution in [1.29, 1.82) is 0 Å². The van der Waals surface area contributed by atoms with Crippen LogP contribution in [0, 0.1) is 5.82 Å². The molecule has 1 fully saturated rings. The van der Waals surface area contributed by atoms with Crippen molar-refractivity contribution in [2.75, 3.05) is 39.8 Å². The Hall–Kier alpha value is -1.62. The van der Waals surface area contributed by atoms with E-state index in [-0.39, 0.29) is 11.2 Å². The summed E-state index contributed by atoms with van der Waals surface area (Å²) in [6, 6.07) is 6.82. The normalized spacial score (nSPS) is 16.2. The molecule has 140 valence electrons. The van der Waals surface area contributed by atoms with E-state index in [9.17, 15) is 4.39 Å². The van der Waals surface area contributed by atoms with Gasteiger partial charge >= 0.3 is 0 Å². The van der Waals surface area contributed by atoms with Gasteiger partial charge in [-0.1, -0.05) is 26.0 Å². The number of hydrogen-bond donors (Lipinski definition) is 2. The average molecular weight is 349 g/mol. The van der Waals surface area contributed by atoms with Gasteiger partial charge in [-0.3, -0.25) is 4.99 Å². The van der Waals surface area contributed by atoms with Crippen molar-refractivity contribution in [3.63, 3.8) is 0 Å². The van der Waals surface area contributed by atoms with Gasteiger partial charge in [0.15, 0.2) is 5.96 Å². The Labute approximate surface area is 151 Å². The van der Waals surface area contributed by atoms with Crippen molar-refractivity contribution in [2.45, 2.75) is 44.9 Å². The van der Waals surface area contributed by atoms with E-state index in [0.717, 1.165) is 24.5 Å². The van der Waals surface area contributed by atoms with Gasteiger partial charge in [0, 0.05) is 25.6 Å². The molecule has 0 aromatic heterocycles. The molecule has 1 saturated heterocycles. The summed E-state index contributed by atoms with van der Waals surface area (Å²) in [5, 5.41) is 6.74. The minimum Gasteiger partial charge on any atom is -0.356 e. The van der Waals surface area contributed by atoms with Crippen molar-refractivity contribution in [3.8, 4) is 0 Å². The number of likely N-dealkylation sites (tertiary alicyclic amines) is 1. The lowest BCUT2D eigenvalue weighted by Gasteiger charge is -2.27. The molecular formula is C20H33FN4. The first-order valence-electron chi connectivity index (χ1n) is 9.44. The van der Waals surface area contributed by atoms with Crippen molar-refractivity contribution in [2.24, 2.45) is 4.99 Å². The zero-order valence-corrected chi connectivity index (χ0v) is 15.9. The van der Waals surface area contributed by atoms with Crippen LogP contribution in [0.25, 0.3) is 0 Å². The van der Waals surface area contributed by atoms with Crippen molar-refractivity contribution >= 4 is 5.96 Å². The highest BCUT2D eigenvalue weighted by molar-refractivity contribution is 5.79. The standard InChI is InChI=1S/C20H33FN4/c1-20(2,17-9-8-10-18(21)15-17)16-24-19(22-3)23-11-4-5-12-25-13-6-7-14-25/h8-10,15H,4-7,11-14,16H2,1-3H3,(H2,22,23,24). The summed E-state index contributed by atoms with van der Waals surface area (Å²) >= 11 is 0. The predicted octanol–water partition coefficient (Wildman–Crippen LogP) is 3.14. The van der Waals surface area contributed by atoms with Crippen LogP contribution in [0.15, 0.2) is 29.3 Å². The number of nitrogens with one attached hydrogen (secondary N) is 2. The van der Waals surface area contributed by atoms with Crippen LogP contribution in [0.1, 0.15) is 45.1 Å². The van der Waals surface area contributed by atoms with Crippen LogP contribution in [-0.2, 0) is 5.41 Å². The average Bonchev–Trinajstić information content (AvgIpc) is 3.10. The van der Waals surface area contributed by atoms with E-state index in [1.54, 1.807) is 19.2 Å². The molecule has 2 N–H and O–H groups in total. The smallest absolute Gasteiger partial charge is 0.191 e. The van der Waals surface area contributed by atoms with Gasteiger partial charge in [0.1, 0.15) is 5.82 Å². The van der Waals surface area contributed by atoms with E-state index in [1.165, 1.54) is 45.0 Å². The third-order valence-corrected chi connectivity index (χ3v) is 4.92. The van der Waals surface area contributed by atoms with E-state index >= 15 is 0 Å². The van der Waals surface area contributed by atoms with E-state index in [2.05, 4.69) is 34.4 Å². The maximum atomic E-state index is 13.5. The molecule has 0 saturated carbocycles. The second-order valence-corrected chi connectivity index (χ2v) is 7.50.